The zero-order valence-electron chi connectivity index (χ0n) is 6.75. The van der Waals surface area contributed by atoms with E-state index in [1.807, 2.05) is 0 Å². The van der Waals surface area contributed by atoms with Crippen LogP contribution in [0.5, 0.6) is 0 Å². The molecule has 0 heterocycles. The van der Waals surface area contributed by atoms with Gasteiger partial charge in [-0.25, -0.2) is 0 Å². The summed E-state index contributed by atoms with van der Waals surface area (Å²) < 4.78 is 0. The van der Waals surface area contributed by atoms with E-state index in [-0.39, 0.29) is 0 Å². The van der Waals surface area contributed by atoms with Crippen LogP contribution < -0.4 is 11.1 Å². The van der Waals surface area contributed by atoms with Crippen LogP contribution in [0.15, 0.2) is 4.99 Å². The normalized spacial score (nSPS) is 21.5. The second kappa shape index (κ2) is 3.57. The molecule has 0 amide bonds. The van der Waals surface area contributed by atoms with Gasteiger partial charge >= 0.3 is 0 Å². The van der Waals surface area contributed by atoms with Crippen LogP contribution in [-0.2, 0) is 0 Å². The second-order valence-electron chi connectivity index (χ2n) is 2.99. The van der Waals surface area contributed by atoms with Gasteiger partial charge in [-0.1, -0.05) is 0 Å². The number of hydrogen-bond donors (Lipinski definition) is 3. The Hall–Kier alpha value is -0.770. The molecule has 1 aliphatic rings. The molecule has 64 valence electrons. The van der Waals surface area contributed by atoms with Crippen molar-refractivity contribution in [1.82, 2.24) is 5.32 Å². The molecule has 0 aliphatic heterocycles. The second-order valence-corrected chi connectivity index (χ2v) is 2.99. The van der Waals surface area contributed by atoms with Crippen LogP contribution in [0, 0.1) is 0 Å². The van der Waals surface area contributed by atoms with E-state index in [9.17, 15) is 0 Å². The topological polar surface area (TPSA) is 70.6 Å². The minimum atomic E-state index is -0.408. The van der Waals surface area contributed by atoms with Gasteiger partial charge in [0.2, 0.25) is 0 Å². The number of rotatable bonds is 3. The average molecular weight is 157 g/mol. The van der Waals surface area contributed by atoms with Gasteiger partial charge in [-0.3, -0.25) is 4.99 Å². The summed E-state index contributed by atoms with van der Waals surface area (Å²) in [5.41, 5.74) is 5.49. The molecule has 0 aromatic heterocycles. The molecule has 4 nitrogen and oxygen atoms in total. The highest BCUT2D eigenvalue weighted by Gasteiger charge is 2.21. The summed E-state index contributed by atoms with van der Waals surface area (Å²) in [5, 5.41) is 11.9. The number of aliphatic hydroxyl groups is 1. The minimum absolute atomic E-state index is 0.381. The molecule has 4 N–H and O–H groups in total. The van der Waals surface area contributed by atoms with E-state index >= 15 is 0 Å². The minimum Gasteiger partial charge on any atom is -0.391 e. The van der Waals surface area contributed by atoms with Crippen LogP contribution in [0.4, 0.5) is 0 Å². The molecule has 0 bridgehead atoms. The standard InChI is InChI=1S/C7H15N3O/c1-5(11)4-9-7(8)10-6-2-3-6/h5-6,11H,2-4H2,1H3,(H3,8,9,10)/t5-/m0/s1. The third-order valence-electron chi connectivity index (χ3n) is 1.46. The number of aliphatic hydroxyl groups excluding tert-OH is 1. The molecule has 4 heteroatoms. The summed E-state index contributed by atoms with van der Waals surface area (Å²) in [5.74, 6) is 0.452. The van der Waals surface area contributed by atoms with Crippen molar-refractivity contribution in [2.24, 2.45) is 10.7 Å². The maximum Gasteiger partial charge on any atom is 0.188 e. The Balaban J connectivity index is 2.15. The van der Waals surface area contributed by atoms with E-state index in [4.69, 9.17) is 10.8 Å². The van der Waals surface area contributed by atoms with E-state index < -0.39 is 6.10 Å². The van der Waals surface area contributed by atoms with Gasteiger partial charge in [0.1, 0.15) is 0 Å². The first-order chi connectivity index (χ1) is 5.18. The van der Waals surface area contributed by atoms with Crippen LogP contribution in [0.3, 0.4) is 0 Å². The molecule has 1 saturated carbocycles. The average Bonchev–Trinajstić information content (AvgIpc) is 2.67. The van der Waals surface area contributed by atoms with Crippen molar-refractivity contribution in [2.75, 3.05) is 6.54 Å². The highest BCUT2D eigenvalue weighted by atomic mass is 16.3. The largest absolute Gasteiger partial charge is 0.391 e. The molecule has 1 atom stereocenters. The summed E-state index contributed by atoms with van der Waals surface area (Å²) in [6.07, 6.45) is 1.96. The van der Waals surface area contributed by atoms with Gasteiger partial charge < -0.3 is 16.2 Å². The monoisotopic (exact) mass is 157 g/mol. The lowest BCUT2D eigenvalue weighted by molar-refractivity contribution is 0.204. The smallest absolute Gasteiger partial charge is 0.188 e. The Kier molecular flexibility index (Phi) is 2.70. The van der Waals surface area contributed by atoms with Gasteiger partial charge in [0.25, 0.3) is 0 Å². The molecule has 1 aliphatic carbocycles. The zero-order chi connectivity index (χ0) is 8.27. The molecule has 0 aromatic rings. The lowest BCUT2D eigenvalue weighted by atomic mass is 10.4. The molecular weight excluding hydrogens is 142 g/mol. The predicted octanol–water partition coefficient (Wildman–Crippen LogP) is -0.566. The first-order valence-corrected chi connectivity index (χ1v) is 3.93. The van der Waals surface area contributed by atoms with Crippen molar-refractivity contribution < 1.29 is 5.11 Å². The fraction of sp³-hybridized carbons (Fsp3) is 0.857. The third-order valence-corrected chi connectivity index (χ3v) is 1.46. The van der Waals surface area contributed by atoms with Gasteiger partial charge in [-0.15, -0.1) is 0 Å². The van der Waals surface area contributed by atoms with E-state index in [1.165, 1.54) is 12.8 Å². The number of nitrogens with zero attached hydrogens (tertiary/aromatic N) is 1. The summed E-state index contributed by atoms with van der Waals surface area (Å²) >= 11 is 0. The molecule has 0 unspecified atom stereocenters. The maximum atomic E-state index is 8.86. The molecular formula is C7H15N3O. The van der Waals surface area contributed by atoms with Gasteiger partial charge in [0.05, 0.1) is 12.6 Å². The Morgan fingerprint density at radius 1 is 1.82 bits per heavy atom. The summed E-state index contributed by atoms with van der Waals surface area (Å²) in [6, 6.07) is 0.535. The van der Waals surface area contributed by atoms with Gasteiger partial charge in [0.15, 0.2) is 5.96 Å². The first-order valence-electron chi connectivity index (χ1n) is 3.93. The Bertz CT molecular complexity index is 152. The lowest BCUT2D eigenvalue weighted by Crippen LogP contribution is -2.34. The van der Waals surface area contributed by atoms with Crippen molar-refractivity contribution in [1.29, 1.82) is 0 Å². The Labute approximate surface area is 66.5 Å². The number of hydrogen-bond acceptors (Lipinski definition) is 2. The fourth-order valence-corrected chi connectivity index (χ4v) is 0.713. The molecule has 0 radical (unpaired) electrons. The number of nitrogens with two attached hydrogens (primary N) is 1. The highest BCUT2D eigenvalue weighted by Crippen LogP contribution is 2.17. The third kappa shape index (κ3) is 3.83. The van der Waals surface area contributed by atoms with Crippen molar-refractivity contribution in [3.63, 3.8) is 0 Å². The van der Waals surface area contributed by atoms with E-state index in [2.05, 4.69) is 10.3 Å². The number of aliphatic imine (C=N–C) groups is 1. The van der Waals surface area contributed by atoms with Gasteiger partial charge in [-0.2, -0.15) is 0 Å². The highest BCUT2D eigenvalue weighted by molar-refractivity contribution is 5.78. The molecule has 0 saturated heterocycles. The molecule has 0 spiro atoms. The Morgan fingerprint density at radius 2 is 2.45 bits per heavy atom. The summed E-state index contributed by atoms with van der Waals surface area (Å²) in [6.45, 7) is 2.07. The number of guanidine groups is 1. The lowest BCUT2D eigenvalue weighted by Gasteiger charge is -2.03. The van der Waals surface area contributed by atoms with Crippen molar-refractivity contribution in [3.05, 3.63) is 0 Å². The van der Waals surface area contributed by atoms with Crippen LogP contribution in [0.2, 0.25) is 0 Å². The van der Waals surface area contributed by atoms with E-state index in [0.29, 0.717) is 18.5 Å². The first kappa shape index (κ1) is 8.33. The SMILES string of the molecule is C[C@H](O)CN=C(N)NC1CC1. The van der Waals surface area contributed by atoms with Crippen molar-refractivity contribution >= 4 is 5.96 Å². The molecule has 1 rings (SSSR count). The van der Waals surface area contributed by atoms with Crippen LogP contribution >= 0.6 is 0 Å². The van der Waals surface area contributed by atoms with Crippen LogP contribution in [-0.4, -0.2) is 29.8 Å². The Morgan fingerprint density at radius 3 is 2.91 bits per heavy atom. The fourth-order valence-electron chi connectivity index (χ4n) is 0.713. The van der Waals surface area contributed by atoms with E-state index in [0.717, 1.165) is 0 Å². The quantitative estimate of drug-likeness (QED) is 0.379. The summed E-state index contributed by atoms with van der Waals surface area (Å²) in [7, 11) is 0. The van der Waals surface area contributed by atoms with Crippen LogP contribution in [0.25, 0.3) is 0 Å². The molecule has 1 fully saturated rings. The predicted molar refractivity (Wildman–Crippen MR) is 44.3 cm³/mol. The zero-order valence-corrected chi connectivity index (χ0v) is 6.75. The molecule has 11 heavy (non-hydrogen) atoms. The van der Waals surface area contributed by atoms with Crippen LogP contribution in [0.1, 0.15) is 19.8 Å². The number of nitrogens with one attached hydrogen (secondary N) is 1. The molecule has 0 aromatic carbocycles. The van der Waals surface area contributed by atoms with Gasteiger partial charge in [-0.05, 0) is 19.8 Å². The maximum absolute atomic E-state index is 8.86. The van der Waals surface area contributed by atoms with E-state index in [1.54, 1.807) is 6.92 Å². The van der Waals surface area contributed by atoms with Gasteiger partial charge in [0, 0.05) is 6.04 Å². The van der Waals surface area contributed by atoms with Crippen molar-refractivity contribution in [3.8, 4) is 0 Å². The van der Waals surface area contributed by atoms with Crippen molar-refractivity contribution in [2.45, 2.75) is 31.9 Å². The summed E-state index contributed by atoms with van der Waals surface area (Å²) in [4.78, 5) is 3.94.